The SMILES string of the molecule is Nc1ccc(SCc2c(F)c(F)c(F)c(F)c2F)cn1. The quantitative estimate of drug-likeness (QED) is 0.407. The zero-order chi connectivity index (χ0) is 14.9. The molecule has 0 saturated heterocycles. The molecule has 0 aliphatic rings. The van der Waals surface area contributed by atoms with E-state index in [1.807, 2.05) is 0 Å². The van der Waals surface area contributed by atoms with Crippen LogP contribution in [0, 0.1) is 29.1 Å². The summed E-state index contributed by atoms with van der Waals surface area (Å²) in [5, 5.41) is 0. The van der Waals surface area contributed by atoms with E-state index in [2.05, 4.69) is 4.98 Å². The topological polar surface area (TPSA) is 38.9 Å². The van der Waals surface area contributed by atoms with Crippen LogP contribution in [0.25, 0.3) is 0 Å². The highest BCUT2D eigenvalue weighted by Crippen LogP contribution is 2.29. The van der Waals surface area contributed by atoms with Crippen LogP contribution in [0.1, 0.15) is 5.56 Å². The van der Waals surface area contributed by atoms with Gasteiger partial charge < -0.3 is 5.73 Å². The molecule has 20 heavy (non-hydrogen) atoms. The maximum Gasteiger partial charge on any atom is 0.200 e. The summed E-state index contributed by atoms with van der Waals surface area (Å²) in [7, 11) is 0. The van der Waals surface area contributed by atoms with Crippen molar-refractivity contribution in [3.8, 4) is 0 Å². The summed E-state index contributed by atoms with van der Waals surface area (Å²) in [5.74, 6) is -9.87. The fourth-order valence-electron chi connectivity index (χ4n) is 1.41. The van der Waals surface area contributed by atoms with Crippen LogP contribution in [-0.2, 0) is 5.75 Å². The van der Waals surface area contributed by atoms with Crippen molar-refractivity contribution in [1.29, 1.82) is 0 Å². The lowest BCUT2D eigenvalue weighted by Gasteiger charge is -2.08. The number of benzene rings is 1. The molecule has 106 valence electrons. The summed E-state index contributed by atoms with van der Waals surface area (Å²) in [6.45, 7) is 0. The Morgan fingerprint density at radius 1 is 0.900 bits per heavy atom. The van der Waals surface area contributed by atoms with Crippen molar-refractivity contribution in [2.75, 3.05) is 5.73 Å². The zero-order valence-electron chi connectivity index (χ0n) is 9.76. The molecular formula is C12H7F5N2S. The van der Waals surface area contributed by atoms with Crippen LogP contribution in [-0.4, -0.2) is 4.98 Å². The van der Waals surface area contributed by atoms with Crippen molar-refractivity contribution >= 4 is 17.6 Å². The Morgan fingerprint density at radius 2 is 1.45 bits per heavy atom. The second kappa shape index (κ2) is 5.66. The van der Waals surface area contributed by atoms with Crippen LogP contribution in [0.2, 0.25) is 0 Å². The lowest BCUT2D eigenvalue weighted by molar-refractivity contribution is 0.372. The van der Waals surface area contributed by atoms with Gasteiger partial charge in [-0.05, 0) is 12.1 Å². The number of nitrogens with zero attached hydrogens (tertiary/aromatic N) is 1. The van der Waals surface area contributed by atoms with E-state index in [9.17, 15) is 22.0 Å². The van der Waals surface area contributed by atoms with Crippen LogP contribution in [0.15, 0.2) is 23.2 Å². The van der Waals surface area contributed by atoms with Crippen LogP contribution >= 0.6 is 11.8 Å². The Balaban J connectivity index is 2.28. The molecule has 2 aromatic rings. The molecule has 0 saturated carbocycles. The fourth-order valence-corrected chi connectivity index (χ4v) is 2.27. The first kappa shape index (κ1) is 14.6. The highest BCUT2D eigenvalue weighted by molar-refractivity contribution is 7.98. The van der Waals surface area contributed by atoms with Crippen molar-refractivity contribution < 1.29 is 22.0 Å². The zero-order valence-corrected chi connectivity index (χ0v) is 10.6. The summed E-state index contributed by atoms with van der Waals surface area (Å²) in [6, 6.07) is 2.99. The highest BCUT2D eigenvalue weighted by atomic mass is 32.2. The highest BCUT2D eigenvalue weighted by Gasteiger charge is 2.25. The summed E-state index contributed by atoms with van der Waals surface area (Å²) >= 11 is 0.880. The maximum atomic E-state index is 13.4. The Hall–Kier alpha value is -1.83. The fraction of sp³-hybridized carbons (Fsp3) is 0.0833. The van der Waals surface area contributed by atoms with Gasteiger partial charge in [-0.3, -0.25) is 0 Å². The number of hydrogen-bond donors (Lipinski definition) is 1. The Morgan fingerprint density at radius 3 is 1.95 bits per heavy atom. The monoisotopic (exact) mass is 306 g/mol. The molecule has 0 aliphatic carbocycles. The van der Waals surface area contributed by atoms with Crippen LogP contribution < -0.4 is 5.73 Å². The largest absolute Gasteiger partial charge is 0.384 e. The van der Waals surface area contributed by atoms with Gasteiger partial charge in [0, 0.05) is 22.4 Å². The molecule has 1 aromatic carbocycles. The van der Waals surface area contributed by atoms with Crippen molar-refractivity contribution in [2.24, 2.45) is 0 Å². The number of nitrogens with two attached hydrogens (primary N) is 1. The number of nitrogen functional groups attached to an aromatic ring is 1. The molecule has 1 aromatic heterocycles. The van der Waals surface area contributed by atoms with Crippen molar-refractivity contribution in [2.45, 2.75) is 10.6 Å². The first-order valence-electron chi connectivity index (χ1n) is 5.26. The summed E-state index contributed by atoms with van der Waals surface area (Å²) in [4.78, 5) is 4.24. The Labute approximate surface area is 114 Å². The third-order valence-corrected chi connectivity index (χ3v) is 3.45. The minimum atomic E-state index is -2.16. The van der Waals surface area contributed by atoms with Crippen molar-refractivity contribution in [1.82, 2.24) is 4.98 Å². The molecule has 0 aliphatic heterocycles. The van der Waals surface area contributed by atoms with Crippen LogP contribution in [0.3, 0.4) is 0 Å². The molecule has 0 fully saturated rings. The second-order valence-corrected chi connectivity index (χ2v) is 4.80. The molecule has 0 radical (unpaired) electrons. The van der Waals surface area contributed by atoms with Crippen LogP contribution in [0.5, 0.6) is 0 Å². The first-order valence-corrected chi connectivity index (χ1v) is 6.25. The van der Waals surface area contributed by atoms with E-state index in [1.165, 1.54) is 18.3 Å². The number of pyridine rings is 1. The third kappa shape index (κ3) is 2.69. The molecule has 0 atom stereocenters. The smallest absolute Gasteiger partial charge is 0.200 e. The van der Waals surface area contributed by atoms with E-state index in [-0.39, 0.29) is 5.82 Å². The van der Waals surface area contributed by atoms with E-state index < -0.39 is 40.4 Å². The summed E-state index contributed by atoms with van der Waals surface area (Å²) in [6.07, 6.45) is 1.34. The normalized spacial score (nSPS) is 10.8. The molecule has 2 N–H and O–H groups in total. The maximum absolute atomic E-state index is 13.4. The molecule has 0 unspecified atom stereocenters. The molecule has 2 rings (SSSR count). The predicted octanol–water partition coefficient (Wildman–Crippen LogP) is 3.65. The number of thioether (sulfide) groups is 1. The average molecular weight is 306 g/mol. The van der Waals surface area contributed by atoms with E-state index in [1.54, 1.807) is 0 Å². The molecule has 0 spiro atoms. The predicted molar refractivity (Wildman–Crippen MR) is 64.4 cm³/mol. The Kier molecular flexibility index (Phi) is 4.12. The van der Waals surface area contributed by atoms with E-state index in [4.69, 9.17) is 5.73 Å². The van der Waals surface area contributed by atoms with E-state index >= 15 is 0 Å². The molecule has 0 bridgehead atoms. The van der Waals surface area contributed by atoms with Crippen LogP contribution in [0.4, 0.5) is 27.8 Å². The average Bonchev–Trinajstić information content (AvgIpc) is 2.45. The van der Waals surface area contributed by atoms with E-state index in [0.717, 1.165) is 11.8 Å². The van der Waals surface area contributed by atoms with Gasteiger partial charge >= 0.3 is 0 Å². The van der Waals surface area contributed by atoms with Gasteiger partial charge in [-0.2, -0.15) is 0 Å². The molecule has 1 heterocycles. The lowest BCUT2D eigenvalue weighted by Crippen LogP contribution is -2.06. The van der Waals surface area contributed by atoms with Gasteiger partial charge in [0.25, 0.3) is 0 Å². The van der Waals surface area contributed by atoms with Crippen molar-refractivity contribution in [3.63, 3.8) is 0 Å². The van der Waals surface area contributed by atoms with E-state index in [0.29, 0.717) is 4.90 Å². The number of anilines is 1. The minimum Gasteiger partial charge on any atom is -0.384 e. The number of hydrogen-bond acceptors (Lipinski definition) is 3. The first-order chi connectivity index (χ1) is 9.41. The van der Waals surface area contributed by atoms with Gasteiger partial charge in [0.1, 0.15) is 5.82 Å². The lowest BCUT2D eigenvalue weighted by atomic mass is 10.2. The standard InChI is InChI=1S/C12H7F5N2S/c13-8-6(9(14)11(16)12(17)10(8)15)4-20-5-1-2-7(18)19-3-5/h1-3H,4H2,(H2,18,19). The molecule has 0 amide bonds. The van der Waals surface area contributed by atoms with Gasteiger partial charge in [-0.1, -0.05) is 0 Å². The van der Waals surface area contributed by atoms with Crippen molar-refractivity contribution in [3.05, 3.63) is 53.0 Å². The minimum absolute atomic E-state index is 0.255. The Bertz CT molecular complexity index is 616. The number of rotatable bonds is 3. The van der Waals surface area contributed by atoms with Gasteiger partial charge in [0.15, 0.2) is 23.3 Å². The number of halogens is 5. The molecular weight excluding hydrogens is 299 g/mol. The molecule has 2 nitrogen and oxygen atoms in total. The van der Waals surface area contributed by atoms with Gasteiger partial charge in [0.05, 0.1) is 0 Å². The van der Waals surface area contributed by atoms with Gasteiger partial charge in [0.2, 0.25) is 5.82 Å². The van der Waals surface area contributed by atoms with Gasteiger partial charge in [-0.15, -0.1) is 11.8 Å². The number of aromatic nitrogens is 1. The summed E-state index contributed by atoms with van der Waals surface area (Å²) < 4.78 is 65.6. The molecule has 8 heteroatoms. The second-order valence-electron chi connectivity index (χ2n) is 3.76. The third-order valence-electron chi connectivity index (χ3n) is 2.44. The summed E-state index contributed by atoms with van der Waals surface area (Å²) in [5.41, 5.74) is 4.49. The van der Waals surface area contributed by atoms with Gasteiger partial charge in [-0.25, -0.2) is 26.9 Å².